The van der Waals surface area contributed by atoms with Gasteiger partial charge in [0.1, 0.15) is 0 Å². The molecule has 1 aliphatic rings. The van der Waals surface area contributed by atoms with Gasteiger partial charge in [0.25, 0.3) is 0 Å². The van der Waals surface area contributed by atoms with Crippen molar-refractivity contribution in [1.29, 1.82) is 0 Å². The van der Waals surface area contributed by atoms with Gasteiger partial charge >= 0.3 is 0 Å². The highest BCUT2D eigenvalue weighted by atomic mass is 79.9. The minimum Gasteiger partial charge on any atom is -0.493 e. The molecule has 1 heterocycles. The van der Waals surface area contributed by atoms with Crippen LogP contribution in [0, 0.1) is 0 Å². The average molecular weight is 394 g/mol. The average Bonchev–Trinajstić information content (AvgIpc) is 2.49. The van der Waals surface area contributed by atoms with Crippen LogP contribution >= 0.6 is 28.3 Å². The molecule has 1 saturated heterocycles. The molecule has 1 aromatic carbocycles. The number of nitrogens with two attached hydrogens (primary N) is 1. The fourth-order valence-corrected chi connectivity index (χ4v) is 3.49. The Morgan fingerprint density at radius 2 is 1.91 bits per heavy atom. The van der Waals surface area contributed by atoms with Crippen molar-refractivity contribution in [2.75, 3.05) is 20.8 Å². The standard InChI is InChI=1S/C16H25BrN2O2.ClH/c1-11(18)14-6-4-5-7-19(14)10-12-8-15(20-2)16(21-3)9-13(12)17;/h8-9,11,14H,4-7,10,18H2,1-3H3;1H. The topological polar surface area (TPSA) is 47.7 Å². The summed E-state index contributed by atoms with van der Waals surface area (Å²) in [5.41, 5.74) is 7.36. The number of nitrogens with zero attached hydrogens (tertiary/aromatic N) is 1. The summed E-state index contributed by atoms with van der Waals surface area (Å²) in [5.74, 6) is 1.51. The van der Waals surface area contributed by atoms with Gasteiger partial charge in [-0.25, -0.2) is 0 Å². The minimum absolute atomic E-state index is 0. The van der Waals surface area contributed by atoms with Crippen molar-refractivity contribution in [1.82, 2.24) is 4.90 Å². The van der Waals surface area contributed by atoms with Crippen LogP contribution in [0.3, 0.4) is 0 Å². The number of piperidine rings is 1. The third kappa shape index (κ3) is 4.51. The summed E-state index contributed by atoms with van der Waals surface area (Å²) >= 11 is 3.64. The Bertz CT molecular complexity index is 485. The lowest BCUT2D eigenvalue weighted by atomic mass is 9.96. The van der Waals surface area contributed by atoms with Crippen LogP contribution in [0.2, 0.25) is 0 Å². The summed E-state index contributed by atoms with van der Waals surface area (Å²) in [6.45, 7) is 4.09. The van der Waals surface area contributed by atoms with Crippen molar-refractivity contribution in [2.24, 2.45) is 5.73 Å². The molecule has 2 rings (SSSR count). The molecular weight excluding hydrogens is 368 g/mol. The Labute approximate surface area is 147 Å². The van der Waals surface area contributed by atoms with Gasteiger partial charge in [-0.05, 0) is 44.0 Å². The highest BCUT2D eigenvalue weighted by Gasteiger charge is 2.26. The second kappa shape index (κ2) is 8.96. The van der Waals surface area contributed by atoms with E-state index >= 15 is 0 Å². The number of ether oxygens (including phenoxy) is 2. The summed E-state index contributed by atoms with van der Waals surface area (Å²) in [6, 6.07) is 4.68. The van der Waals surface area contributed by atoms with E-state index in [1.165, 1.54) is 24.8 Å². The zero-order chi connectivity index (χ0) is 15.4. The first-order valence-corrected chi connectivity index (χ1v) is 8.26. The van der Waals surface area contributed by atoms with Crippen molar-refractivity contribution in [3.8, 4) is 11.5 Å². The van der Waals surface area contributed by atoms with E-state index in [2.05, 4.69) is 33.8 Å². The molecular formula is C16H26BrClN2O2. The Hall–Kier alpha value is -0.490. The molecule has 2 N–H and O–H groups in total. The van der Waals surface area contributed by atoms with Gasteiger partial charge in [0, 0.05) is 23.1 Å². The fraction of sp³-hybridized carbons (Fsp3) is 0.625. The maximum Gasteiger partial charge on any atom is 0.161 e. The van der Waals surface area contributed by atoms with Gasteiger partial charge in [-0.1, -0.05) is 22.4 Å². The molecule has 0 aliphatic carbocycles. The van der Waals surface area contributed by atoms with Crippen LogP contribution in [0.15, 0.2) is 16.6 Å². The number of hydrogen-bond donors (Lipinski definition) is 1. The summed E-state index contributed by atoms with van der Waals surface area (Å²) in [4.78, 5) is 2.49. The molecule has 2 unspecified atom stereocenters. The number of likely N-dealkylation sites (tertiary alicyclic amines) is 1. The molecule has 4 nitrogen and oxygen atoms in total. The molecule has 0 amide bonds. The van der Waals surface area contributed by atoms with Gasteiger partial charge in [0.15, 0.2) is 11.5 Å². The molecule has 1 fully saturated rings. The monoisotopic (exact) mass is 392 g/mol. The van der Waals surface area contributed by atoms with Crippen molar-refractivity contribution < 1.29 is 9.47 Å². The van der Waals surface area contributed by atoms with E-state index in [0.29, 0.717) is 6.04 Å². The molecule has 0 aromatic heterocycles. The van der Waals surface area contributed by atoms with E-state index < -0.39 is 0 Å². The second-order valence-corrected chi connectivity index (χ2v) is 6.55. The molecule has 0 bridgehead atoms. The fourth-order valence-electron chi connectivity index (χ4n) is 3.04. The number of benzene rings is 1. The molecule has 1 aromatic rings. The van der Waals surface area contributed by atoms with E-state index in [1.807, 2.05) is 6.07 Å². The molecule has 126 valence electrons. The lowest BCUT2D eigenvalue weighted by Crippen LogP contribution is -2.48. The van der Waals surface area contributed by atoms with Crippen molar-refractivity contribution in [3.05, 3.63) is 22.2 Å². The van der Waals surface area contributed by atoms with Crippen LogP contribution in [-0.4, -0.2) is 37.7 Å². The Balaban J connectivity index is 0.00000242. The summed E-state index contributed by atoms with van der Waals surface area (Å²) in [7, 11) is 3.32. The first-order chi connectivity index (χ1) is 10.1. The SMILES string of the molecule is COc1cc(Br)c(CN2CCCCC2C(C)N)cc1OC.Cl. The van der Waals surface area contributed by atoms with Crippen LogP contribution in [0.4, 0.5) is 0 Å². The lowest BCUT2D eigenvalue weighted by molar-refractivity contribution is 0.122. The van der Waals surface area contributed by atoms with Crippen molar-refractivity contribution in [2.45, 2.75) is 44.8 Å². The van der Waals surface area contributed by atoms with E-state index in [1.54, 1.807) is 14.2 Å². The number of rotatable bonds is 5. The van der Waals surface area contributed by atoms with E-state index in [9.17, 15) is 0 Å². The van der Waals surface area contributed by atoms with Gasteiger partial charge in [-0.2, -0.15) is 0 Å². The molecule has 6 heteroatoms. The quantitative estimate of drug-likeness (QED) is 0.830. The van der Waals surface area contributed by atoms with E-state index in [-0.39, 0.29) is 18.4 Å². The highest BCUT2D eigenvalue weighted by molar-refractivity contribution is 9.10. The van der Waals surface area contributed by atoms with Crippen LogP contribution < -0.4 is 15.2 Å². The van der Waals surface area contributed by atoms with E-state index in [4.69, 9.17) is 15.2 Å². The molecule has 0 saturated carbocycles. The smallest absolute Gasteiger partial charge is 0.161 e. The van der Waals surface area contributed by atoms with Crippen LogP contribution in [-0.2, 0) is 6.54 Å². The molecule has 0 spiro atoms. The summed E-state index contributed by atoms with van der Waals surface area (Å²) in [5, 5.41) is 0. The van der Waals surface area contributed by atoms with Crippen LogP contribution in [0.5, 0.6) is 11.5 Å². The van der Waals surface area contributed by atoms with Crippen LogP contribution in [0.25, 0.3) is 0 Å². The van der Waals surface area contributed by atoms with Crippen molar-refractivity contribution >= 4 is 28.3 Å². The Morgan fingerprint density at radius 1 is 1.27 bits per heavy atom. The van der Waals surface area contributed by atoms with Gasteiger partial charge in [-0.3, -0.25) is 4.90 Å². The van der Waals surface area contributed by atoms with Gasteiger partial charge in [0.05, 0.1) is 14.2 Å². The normalized spacial score (nSPS) is 20.1. The van der Waals surface area contributed by atoms with Gasteiger partial charge < -0.3 is 15.2 Å². The summed E-state index contributed by atoms with van der Waals surface area (Å²) < 4.78 is 11.8. The van der Waals surface area contributed by atoms with Gasteiger partial charge in [-0.15, -0.1) is 12.4 Å². The number of halogens is 2. The molecule has 0 radical (unpaired) electrons. The lowest BCUT2D eigenvalue weighted by Gasteiger charge is -2.38. The zero-order valence-electron chi connectivity index (χ0n) is 13.5. The molecule has 22 heavy (non-hydrogen) atoms. The maximum absolute atomic E-state index is 6.15. The number of methoxy groups -OCH3 is 2. The third-order valence-electron chi connectivity index (χ3n) is 4.20. The molecule has 1 aliphatic heterocycles. The van der Waals surface area contributed by atoms with E-state index in [0.717, 1.165) is 29.1 Å². The minimum atomic E-state index is 0. The largest absolute Gasteiger partial charge is 0.493 e. The first-order valence-electron chi connectivity index (χ1n) is 7.46. The number of hydrogen-bond acceptors (Lipinski definition) is 4. The zero-order valence-corrected chi connectivity index (χ0v) is 15.9. The predicted molar refractivity (Wildman–Crippen MR) is 96.2 cm³/mol. The van der Waals surface area contributed by atoms with Crippen molar-refractivity contribution in [3.63, 3.8) is 0 Å². The maximum atomic E-state index is 6.15. The second-order valence-electron chi connectivity index (χ2n) is 5.69. The third-order valence-corrected chi connectivity index (χ3v) is 4.94. The molecule has 2 atom stereocenters. The Kier molecular flexibility index (Phi) is 7.97. The van der Waals surface area contributed by atoms with Gasteiger partial charge in [0.2, 0.25) is 0 Å². The predicted octanol–water partition coefficient (Wildman–Crippen LogP) is 3.59. The Morgan fingerprint density at radius 3 is 2.50 bits per heavy atom. The first kappa shape index (κ1) is 19.6. The summed E-state index contributed by atoms with van der Waals surface area (Å²) in [6.07, 6.45) is 3.70. The highest BCUT2D eigenvalue weighted by Crippen LogP contribution is 2.34. The van der Waals surface area contributed by atoms with Crippen LogP contribution in [0.1, 0.15) is 31.7 Å².